The molecule has 2 fully saturated rings. The van der Waals surface area contributed by atoms with Crippen LogP contribution in [0.5, 0.6) is 0 Å². The van der Waals surface area contributed by atoms with E-state index in [1.807, 2.05) is 4.90 Å². The van der Waals surface area contributed by atoms with Gasteiger partial charge in [-0.15, -0.1) is 0 Å². The Labute approximate surface area is 157 Å². The van der Waals surface area contributed by atoms with Gasteiger partial charge in [0.15, 0.2) is 0 Å². The van der Waals surface area contributed by atoms with Crippen molar-refractivity contribution in [1.82, 2.24) is 14.9 Å². The van der Waals surface area contributed by atoms with Gasteiger partial charge in [-0.05, 0) is 42.5 Å². The standard InChI is InChI=1S/C20H23FN4O2/c21-17-4-2-15(3-5-17)10-18(26)25-13-20(14-25)7-6-16(12-27-20)11-24-19-22-8-1-9-23-19/h1-5,8-9,16H,6-7,10-14H2,(H,22,23,24)/t16-/m1/s1. The number of halogens is 1. The third kappa shape index (κ3) is 4.24. The number of ether oxygens (including phenoxy) is 1. The molecule has 0 unspecified atom stereocenters. The highest BCUT2D eigenvalue weighted by Gasteiger charge is 2.48. The molecule has 0 saturated carbocycles. The Morgan fingerprint density at radius 1 is 1.26 bits per heavy atom. The fourth-order valence-electron chi connectivity index (χ4n) is 3.67. The molecule has 1 aromatic heterocycles. The van der Waals surface area contributed by atoms with Crippen molar-refractivity contribution in [2.75, 3.05) is 31.6 Å². The van der Waals surface area contributed by atoms with Gasteiger partial charge in [0.25, 0.3) is 0 Å². The summed E-state index contributed by atoms with van der Waals surface area (Å²) in [6.45, 7) is 2.76. The van der Waals surface area contributed by atoms with Gasteiger partial charge in [-0.3, -0.25) is 4.79 Å². The number of rotatable bonds is 5. The minimum atomic E-state index is -0.285. The summed E-state index contributed by atoms with van der Waals surface area (Å²) >= 11 is 0. The first-order valence-corrected chi connectivity index (χ1v) is 9.29. The topological polar surface area (TPSA) is 67.4 Å². The van der Waals surface area contributed by atoms with E-state index >= 15 is 0 Å². The van der Waals surface area contributed by atoms with Crippen LogP contribution < -0.4 is 5.32 Å². The summed E-state index contributed by atoms with van der Waals surface area (Å²) in [5, 5.41) is 3.24. The smallest absolute Gasteiger partial charge is 0.227 e. The van der Waals surface area contributed by atoms with Gasteiger partial charge in [0.05, 0.1) is 26.1 Å². The maximum Gasteiger partial charge on any atom is 0.227 e. The predicted octanol–water partition coefficient (Wildman–Crippen LogP) is 2.28. The molecule has 27 heavy (non-hydrogen) atoms. The third-order valence-corrected chi connectivity index (χ3v) is 5.33. The summed E-state index contributed by atoms with van der Waals surface area (Å²) in [6, 6.07) is 7.89. The highest BCUT2D eigenvalue weighted by atomic mass is 19.1. The lowest BCUT2D eigenvalue weighted by molar-refractivity contribution is -0.187. The van der Waals surface area contributed by atoms with Crippen molar-refractivity contribution in [3.63, 3.8) is 0 Å². The number of hydrogen-bond acceptors (Lipinski definition) is 5. The van der Waals surface area contributed by atoms with E-state index in [1.54, 1.807) is 30.6 Å². The maximum atomic E-state index is 13.0. The first kappa shape index (κ1) is 17.9. The highest BCUT2D eigenvalue weighted by Crippen LogP contribution is 2.36. The molecule has 0 aliphatic carbocycles. The molecule has 0 radical (unpaired) electrons. The number of aromatic nitrogens is 2. The minimum absolute atomic E-state index is 0.0702. The Hall–Kier alpha value is -2.54. The average Bonchev–Trinajstić information content (AvgIpc) is 2.67. The summed E-state index contributed by atoms with van der Waals surface area (Å²) in [7, 11) is 0. The lowest BCUT2D eigenvalue weighted by atomic mass is 9.82. The zero-order valence-electron chi connectivity index (χ0n) is 15.1. The highest BCUT2D eigenvalue weighted by molar-refractivity contribution is 5.79. The average molecular weight is 370 g/mol. The van der Waals surface area contributed by atoms with E-state index < -0.39 is 0 Å². The lowest BCUT2D eigenvalue weighted by Gasteiger charge is -2.52. The van der Waals surface area contributed by atoms with Crippen molar-refractivity contribution in [3.05, 3.63) is 54.1 Å². The molecule has 7 heteroatoms. The van der Waals surface area contributed by atoms with Crippen molar-refractivity contribution in [2.45, 2.75) is 24.9 Å². The number of hydrogen-bond donors (Lipinski definition) is 1. The molecule has 1 spiro atoms. The largest absolute Gasteiger partial charge is 0.371 e. The Morgan fingerprint density at radius 2 is 2.00 bits per heavy atom. The molecule has 1 N–H and O–H groups in total. The molecular weight excluding hydrogens is 347 g/mol. The van der Waals surface area contributed by atoms with Gasteiger partial charge in [-0.1, -0.05) is 12.1 Å². The van der Waals surface area contributed by atoms with Crippen molar-refractivity contribution in [1.29, 1.82) is 0 Å². The van der Waals surface area contributed by atoms with Gasteiger partial charge in [0.2, 0.25) is 11.9 Å². The zero-order valence-corrected chi connectivity index (χ0v) is 15.1. The molecular formula is C20H23FN4O2. The molecule has 142 valence electrons. The van der Waals surface area contributed by atoms with Crippen LogP contribution in [0.1, 0.15) is 18.4 Å². The number of likely N-dealkylation sites (tertiary alicyclic amines) is 1. The molecule has 3 heterocycles. The number of benzene rings is 1. The predicted molar refractivity (Wildman–Crippen MR) is 98.6 cm³/mol. The molecule has 2 saturated heterocycles. The first-order chi connectivity index (χ1) is 13.1. The molecule has 1 aromatic carbocycles. The second-order valence-electron chi connectivity index (χ2n) is 7.41. The van der Waals surface area contributed by atoms with Gasteiger partial charge < -0.3 is 15.0 Å². The van der Waals surface area contributed by atoms with Gasteiger partial charge in [0, 0.05) is 18.9 Å². The van der Waals surface area contributed by atoms with E-state index in [2.05, 4.69) is 15.3 Å². The van der Waals surface area contributed by atoms with Crippen molar-refractivity contribution in [3.8, 4) is 0 Å². The minimum Gasteiger partial charge on any atom is -0.371 e. The zero-order chi connectivity index (χ0) is 18.7. The third-order valence-electron chi connectivity index (χ3n) is 5.33. The molecule has 4 rings (SSSR count). The molecule has 6 nitrogen and oxygen atoms in total. The number of amides is 1. The molecule has 2 aromatic rings. The van der Waals surface area contributed by atoms with Crippen LogP contribution in [0.25, 0.3) is 0 Å². The van der Waals surface area contributed by atoms with Gasteiger partial charge in [0.1, 0.15) is 11.4 Å². The fourth-order valence-corrected chi connectivity index (χ4v) is 3.67. The van der Waals surface area contributed by atoms with E-state index in [0.717, 1.165) is 24.9 Å². The van der Waals surface area contributed by atoms with Crippen LogP contribution in [0.2, 0.25) is 0 Å². The van der Waals surface area contributed by atoms with E-state index in [9.17, 15) is 9.18 Å². The second kappa shape index (κ2) is 7.60. The molecule has 0 bridgehead atoms. The van der Waals surface area contributed by atoms with E-state index in [1.165, 1.54) is 12.1 Å². The first-order valence-electron chi connectivity index (χ1n) is 9.29. The monoisotopic (exact) mass is 370 g/mol. The number of carbonyl (C=O) groups excluding carboxylic acids is 1. The summed E-state index contributed by atoms with van der Waals surface area (Å²) in [5.41, 5.74) is 0.652. The van der Waals surface area contributed by atoms with Crippen LogP contribution in [0.3, 0.4) is 0 Å². The quantitative estimate of drug-likeness (QED) is 0.875. The molecule has 2 aliphatic heterocycles. The fraction of sp³-hybridized carbons (Fsp3) is 0.450. The second-order valence-corrected chi connectivity index (χ2v) is 7.41. The van der Waals surface area contributed by atoms with Gasteiger partial charge in [-0.25, -0.2) is 14.4 Å². The summed E-state index contributed by atoms with van der Waals surface area (Å²) in [4.78, 5) is 22.5. The number of nitrogens with zero attached hydrogens (tertiary/aromatic N) is 3. The van der Waals surface area contributed by atoms with Crippen LogP contribution in [0.15, 0.2) is 42.7 Å². The number of carbonyl (C=O) groups is 1. The van der Waals surface area contributed by atoms with Gasteiger partial charge in [-0.2, -0.15) is 0 Å². The van der Waals surface area contributed by atoms with Crippen LogP contribution in [0, 0.1) is 11.7 Å². The normalized spacial score (nSPS) is 20.9. The Bertz CT molecular complexity index is 768. The molecule has 1 amide bonds. The van der Waals surface area contributed by atoms with Gasteiger partial charge >= 0.3 is 0 Å². The van der Waals surface area contributed by atoms with Crippen LogP contribution in [0.4, 0.5) is 10.3 Å². The summed E-state index contributed by atoms with van der Waals surface area (Å²) in [5.74, 6) is 0.843. The Morgan fingerprint density at radius 3 is 2.67 bits per heavy atom. The van der Waals surface area contributed by atoms with Crippen molar-refractivity contribution in [2.24, 2.45) is 5.92 Å². The van der Waals surface area contributed by atoms with Crippen LogP contribution in [-0.2, 0) is 16.0 Å². The summed E-state index contributed by atoms with van der Waals surface area (Å²) in [6.07, 6.45) is 5.75. The molecule has 1 atom stereocenters. The molecule has 2 aliphatic rings. The van der Waals surface area contributed by atoms with Crippen molar-refractivity contribution >= 4 is 11.9 Å². The maximum absolute atomic E-state index is 13.0. The SMILES string of the molecule is O=C(Cc1ccc(F)cc1)N1CC2(CC[C@H](CNc3ncccn3)CO2)C1. The van der Waals surface area contributed by atoms with E-state index in [-0.39, 0.29) is 17.3 Å². The van der Waals surface area contributed by atoms with E-state index in [0.29, 0.717) is 38.0 Å². The summed E-state index contributed by atoms with van der Waals surface area (Å²) < 4.78 is 19.1. The lowest BCUT2D eigenvalue weighted by Crippen LogP contribution is -2.66. The van der Waals surface area contributed by atoms with Crippen LogP contribution in [-0.4, -0.2) is 52.6 Å². The van der Waals surface area contributed by atoms with Crippen LogP contribution >= 0.6 is 0 Å². The van der Waals surface area contributed by atoms with E-state index in [4.69, 9.17) is 4.74 Å². The Kier molecular flexibility index (Phi) is 5.03. The Balaban J connectivity index is 1.20. The number of nitrogens with one attached hydrogen (secondary N) is 1. The number of anilines is 1. The van der Waals surface area contributed by atoms with Crippen molar-refractivity contribution < 1.29 is 13.9 Å².